The summed E-state index contributed by atoms with van der Waals surface area (Å²) in [4.78, 5) is 16.0. The summed E-state index contributed by atoms with van der Waals surface area (Å²) < 4.78 is 0. The van der Waals surface area contributed by atoms with E-state index in [4.69, 9.17) is 5.73 Å². The first-order valence-electron chi connectivity index (χ1n) is 10.7. The van der Waals surface area contributed by atoms with Crippen molar-refractivity contribution in [3.8, 4) is 0 Å². The van der Waals surface area contributed by atoms with Crippen LogP contribution in [0.2, 0.25) is 0 Å². The summed E-state index contributed by atoms with van der Waals surface area (Å²) in [6.07, 6.45) is 5.21. The maximum absolute atomic E-state index is 11.4. The lowest BCUT2D eigenvalue weighted by atomic mass is 10.0. The molecule has 3 aromatic rings. The Labute approximate surface area is 176 Å². The second-order valence-corrected chi connectivity index (χ2v) is 8.49. The van der Waals surface area contributed by atoms with Crippen LogP contribution in [0.5, 0.6) is 0 Å². The van der Waals surface area contributed by atoms with Crippen LogP contribution in [0.3, 0.4) is 0 Å². The van der Waals surface area contributed by atoms with Crippen LogP contribution >= 0.6 is 0 Å². The van der Waals surface area contributed by atoms with Crippen molar-refractivity contribution in [2.24, 2.45) is 5.73 Å². The highest BCUT2D eigenvalue weighted by molar-refractivity contribution is 5.82. The summed E-state index contributed by atoms with van der Waals surface area (Å²) in [5, 5.41) is 11.9. The number of hydrogen-bond acceptors (Lipinski definition) is 5. The number of carbonyl (C=O) groups excluding carboxylic acids is 1. The lowest BCUT2D eigenvalue weighted by molar-refractivity contribution is -0.116. The number of nitrogens with one attached hydrogen (secondary N) is 2. The molecule has 5 rings (SSSR count). The first-order valence-corrected chi connectivity index (χ1v) is 10.7. The molecule has 1 amide bonds. The molecule has 0 aliphatic carbocycles. The van der Waals surface area contributed by atoms with Crippen molar-refractivity contribution >= 4 is 28.2 Å². The zero-order chi connectivity index (χ0) is 20.5. The standard InChI is InChI=1S/C23H28N6O/c24-23(30)15-29-9-7-17-4-3-16(10-22(17)29)13-28-8-1-2-20(14-28)26-19-5-6-21-18(11-19)12-25-27-21/h3-6,10-12,20,26H,1-2,7-9,13-15H2,(H2,24,30)(H,25,27). The summed E-state index contributed by atoms with van der Waals surface area (Å²) in [6, 6.07) is 13.5. The third-order valence-corrected chi connectivity index (χ3v) is 6.21. The predicted molar refractivity (Wildman–Crippen MR) is 120 cm³/mol. The van der Waals surface area contributed by atoms with Gasteiger partial charge in [-0.1, -0.05) is 12.1 Å². The van der Waals surface area contributed by atoms with Gasteiger partial charge >= 0.3 is 0 Å². The molecule has 1 unspecified atom stereocenters. The van der Waals surface area contributed by atoms with E-state index in [0.717, 1.165) is 49.2 Å². The van der Waals surface area contributed by atoms with Gasteiger partial charge in [-0.05, 0) is 61.2 Å². The van der Waals surface area contributed by atoms with Crippen LogP contribution in [0.15, 0.2) is 42.6 Å². The van der Waals surface area contributed by atoms with Gasteiger partial charge in [0.25, 0.3) is 0 Å². The highest BCUT2D eigenvalue weighted by Gasteiger charge is 2.23. The molecule has 0 radical (unpaired) electrons. The molecule has 0 spiro atoms. The topological polar surface area (TPSA) is 90.3 Å². The van der Waals surface area contributed by atoms with Gasteiger partial charge in [-0.2, -0.15) is 5.10 Å². The highest BCUT2D eigenvalue weighted by atomic mass is 16.1. The van der Waals surface area contributed by atoms with Crippen molar-refractivity contribution in [3.05, 3.63) is 53.7 Å². The first kappa shape index (κ1) is 18.9. The summed E-state index contributed by atoms with van der Waals surface area (Å²) in [5.74, 6) is -0.271. The number of benzene rings is 2. The monoisotopic (exact) mass is 404 g/mol. The fraction of sp³-hybridized carbons (Fsp3) is 0.391. The molecular weight excluding hydrogens is 376 g/mol. The Morgan fingerprint density at radius 2 is 2.17 bits per heavy atom. The van der Waals surface area contributed by atoms with Crippen LogP contribution in [0, 0.1) is 0 Å². The molecule has 0 bridgehead atoms. The van der Waals surface area contributed by atoms with E-state index >= 15 is 0 Å². The van der Waals surface area contributed by atoms with Gasteiger partial charge in [0.1, 0.15) is 0 Å². The van der Waals surface area contributed by atoms with E-state index in [0.29, 0.717) is 12.6 Å². The largest absolute Gasteiger partial charge is 0.381 e. The van der Waals surface area contributed by atoms with Crippen molar-refractivity contribution in [1.29, 1.82) is 0 Å². The Morgan fingerprint density at radius 3 is 3.07 bits per heavy atom. The molecule has 156 valence electrons. The number of nitrogens with two attached hydrogens (primary N) is 1. The maximum atomic E-state index is 11.4. The molecule has 30 heavy (non-hydrogen) atoms. The van der Waals surface area contributed by atoms with Crippen LogP contribution in [0.4, 0.5) is 11.4 Å². The molecule has 1 aromatic heterocycles. The number of piperidine rings is 1. The molecule has 1 fully saturated rings. The number of nitrogens with zero attached hydrogens (tertiary/aromatic N) is 3. The van der Waals surface area contributed by atoms with Crippen molar-refractivity contribution in [3.63, 3.8) is 0 Å². The molecule has 2 aliphatic heterocycles. The maximum Gasteiger partial charge on any atom is 0.236 e. The molecule has 1 atom stereocenters. The van der Waals surface area contributed by atoms with Crippen LogP contribution in [-0.2, 0) is 17.8 Å². The SMILES string of the molecule is NC(=O)CN1CCc2ccc(CN3CCCC(Nc4ccc5[nH]ncc5c4)C3)cc21. The number of H-pyrrole nitrogens is 1. The Hall–Kier alpha value is -3.06. The van der Waals surface area contributed by atoms with Gasteiger partial charge in [0, 0.05) is 42.4 Å². The van der Waals surface area contributed by atoms with E-state index in [-0.39, 0.29) is 5.91 Å². The quantitative estimate of drug-likeness (QED) is 0.587. The van der Waals surface area contributed by atoms with Gasteiger partial charge in [0.15, 0.2) is 0 Å². The predicted octanol–water partition coefficient (Wildman–Crippen LogP) is 2.49. The second kappa shape index (κ2) is 7.99. The van der Waals surface area contributed by atoms with Gasteiger partial charge < -0.3 is 16.0 Å². The minimum atomic E-state index is -0.271. The first-order chi connectivity index (χ1) is 14.6. The number of hydrogen-bond donors (Lipinski definition) is 3. The van der Waals surface area contributed by atoms with Crippen molar-refractivity contribution < 1.29 is 4.79 Å². The lowest BCUT2D eigenvalue weighted by Gasteiger charge is -2.34. The number of carbonyl (C=O) groups is 1. The van der Waals surface area contributed by atoms with Crippen LogP contribution in [-0.4, -0.2) is 53.2 Å². The highest BCUT2D eigenvalue weighted by Crippen LogP contribution is 2.29. The average Bonchev–Trinajstić information content (AvgIpc) is 3.34. The number of aromatic nitrogens is 2. The minimum Gasteiger partial charge on any atom is -0.381 e. The van der Waals surface area contributed by atoms with Crippen molar-refractivity contribution in [2.75, 3.05) is 36.4 Å². The summed E-state index contributed by atoms with van der Waals surface area (Å²) in [6.45, 7) is 4.23. The summed E-state index contributed by atoms with van der Waals surface area (Å²) in [7, 11) is 0. The lowest BCUT2D eigenvalue weighted by Crippen LogP contribution is -2.41. The Kier molecular flexibility index (Phi) is 5.04. The smallest absolute Gasteiger partial charge is 0.236 e. The fourth-order valence-electron chi connectivity index (χ4n) is 4.79. The number of fused-ring (bicyclic) bond motifs is 2. The number of aromatic amines is 1. The molecule has 7 nitrogen and oxygen atoms in total. The Morgan fingerprint density at radius 1 is 1.23 bits per heavy atom. The number of likely N-dealkylation sites (tertiary alicyclic amines) is 1. The zero-order valence-electron chi connectivity index (χ0n) is 17.1. The van der Waals surface area contributed by atoms with E-state index in [9.17, 15) is 4.79 Å². The van der Waals surface area contributed by atoms with Gasteiger partial charge in [-0.3, -0.25) is 14.8 Å². The molecular formula is C23H28N6O. The molecule has 1 saturated heterocycles. The van der Waals surface area contributed by atoms with Crippen molar-refractivity contribution in [1.82, 2.24) is 15.1 Å². The van der Waals surface area contributed by atoms with Crippen LogP contribution in [0.1, 0.15) is 24.0 Å². The van der Waals surface area contributed by atoms with Gasteiger partial charge in [0.2, 0.25) is 5.91 Å². The third-order valence-electron chi connectivity index (χ3n) is 6.21. The Balaban J connectivity index is 1.24. The number of anilines is 2. The molecule has 0 saturated carbocycles. The van der Waals surface area contributed by atoms with E-state index in [2.05, 4.69) is 61.7 Å². The number of primary amides is 1. The van der Waals surface area contributed by atoms with Gasteiger partial charge in [-0.25, -0.2) is 0 Å². The number of rotatable bonds is 6. The molecule has 2 aromatic carbocycles. The summed E-state index contributed by atoms with van der Waals surface area (Å²) >= 11 is 0. The van der Waals surface area contributed by atoms with Crippen molar-refractivity contribution in [2.45, 2.75) is 31.8 Å². The summed E-state index contributed by atoms with van der Waals surface area (Å²) in [5.41, 5.74) is 11.4. The molecule has 7 heteroatoms. The van der Waals surface area contributed by atoms with Gasteiger partial charge in [0.05, 0.1) is 18.3 Å². The van der Waals surface area contributed by atoms with E-state index in [1.165, 1.54) is 29.7 Å². The molecule has 4 N–H and O–H groups in total. The average molecular weight is 405 g/mol. The molecule has 2 aliphatic rings. The minimum absolute atomic E-state index is 0.271. The van der Waals surface area contributed by atoms with E-state index in [1.807, 2.05) is 6.20 Å². The van der Waals surface area contributed by atoms with Crippen LogP contribution in [0.25, 0.3) is 10.9 Å². The normalized spacial score (nSPS) is 19.2. The second-order valence-electron chi connectivity index (χ2n) is 8.49. The fourth-order valence-corrected chi connectivity index (χ4v) is 4.79. The van der Waals surface area contributed by atoms with Gasteiger partial charge in [-0.15, -0.1) is 0 Å². The zero-order valence-corrected chi connectivity index (χ0v) is 17.1. The number of amides is 1. The van der Waals surface area contributed by atoms with Crippen LogP contribution < -0.4 is 16.0 Å². The Bertz CT molecular complexity index is 1060. The van der Waals surface area contributed by atoms with E-state index in [1.54, 1.807) is 0 Å². The molecule has 3 heterocycles. The third kappa shape index (κ3) is 3.98. The van der Waals surface area contributed by atoms with E-state index < -0.39 is 0 Å².